The van der Waals surface area contributed by atoms with Crippen molar-refractivity contribution in [3.8, 4) is 45.6 Å². The molecule has 0 bridgehead atoms. The summed E-state index contributed by atoms with van der Waals surface area (Å²) in [4.78, 5) is 96.6. The van der Waals surface area contributed by atoms with Crippen LogP contribution in [0.4, 0.5) is 0 Å². The Hall–Kier alpha value is -8.45. The Morgan fingerprint density at radius 3 is 1.58 bits per heavy atom. The van der Waals surface area contributed by atoms with Crippen LogP contribution >= 0.6 is 0 Å². The minimum absolute atomic E-state index is 0. The molecule has 19 heteroatoms. The number of hydrogen-bond donors (Lipinski definition) is 1. The van der Waals surface area contributed by atoms with Gasteiger partial charge in [0, 0.05) is 62.9 Å². The molecule has 6 aromatic heterocycles. The van der Waals surface area contributed by atoms with Gasteiger partial charge in [-0.3, -0.25) is 53.7 Å². The third kappa shape index (κ3) is 14.6. The minimum Gasteiger partial charge on any atom is -0.377 e. The van der Waals surface area contributed by atoms with Gasteiger partial charge < -0.3 is 24.3 Å². The van der Waals surface area contributed by atoms with Crippen LogP contribution in [0.5, 0.6) is 0 Å². The third-order valence-corrected chi connectivity index (χ3v) is 14.9. The number of imide groups is 2. The van der Waals surface area contributed by atoms with Crippen LogP contribution in [-0.4, -0.2) is 140 Å². The number of rotatable bonds is 22. The fraction of sp³-hybridized carbons (Fsp3) is 0.288. The number of benzene rings is 1. The van der Waals surface area contributed by atoms with Crippen molar-refractivity contribution >= 4 is 35.6 Å². The molecule has 1 aromatic carbocycles. The van der Waals surface area contributed by atoms with Crippen LogP contribution in [0.15, 0.2) is 183 Å². The molecule has 0 spiro atoms. The molecule has 0 aliphatic carbocycles. The number of nitrogens with zero attached hydrogens (tertiary/aromatic N) is 8. The van der Waals surface area contributed by atoms with Crippen LogP contribution in [0.1, 0.15) is 41.3 Å². The average molecular weight is 1230 g/mol. The van der Waals surface area contributed by atoms with Crippen LogP contribution in [0, 0.1) is 30.6 Å². The molecule has 8 atom stereocenters. The van der Waals surface area contributed by atoms with Crippen molar-refractivity contribution in [2.24, 2.45) is 23.7 Å². The minimum atomic E-state index is -0.791. The van der Waals surface area contributed by atoms with E-state index in [0.717, 1.165) is 51.7 Å². The number of hydrogen-bond acceptors (Lipinski definition) is 15. The van der Waals surface area contributed by atoms with Gasteiger partial charge in [-0.05, 0) is 97.3 Å². The molecule has 4 fully saturated rings. The molecule has 1 N–H and O–H groups in total. The molecule has 5 amide bonds. The van der Waals surface area contributed by atoms with Crippen molar-refractivity contribution in [1.82, 2.24) is 45.0 Å². The van der Waals surface area contributed by atoms with E-state index in [1.54, 1.807) is 49.1 Å². The van der Waals surface area contributed by atoms with E-state index in [0.29, 0.717) is 29.9 Å². The van der Waals surface area contributed by atoms with Crippen molar-refractivity contribution in [2.45, 2.75) is 51.1 Å². The number of fused-ring (bicyclic) bond motifs is 2. The van der Waals surface area contributed by atoms with Gasteiger partial charge in [0.15, 0.2) is 0 Å². The number of carbonyl (C=O) groups excluding carboxylic acids is 5. The number of nitrogens with one attached hydrogen (secondary N) is 1. The van der Waals surface area contributed by atoms with Crippen LogP contribution in [-0.2, 0) is 57.6 Å². The third-order valence-electron chi connectivity index (χ3n) is 14.9. The second kappa shape index (κ2) is 29.4. The van der Waals surface area contributed by atoms with Gasteiger partial charge in [-0.25, -0.2) is 9.97 Å². The summed E-state index contributed by atoms with van der Waals surface area (Å²) < 4.78 is 23.8. The number of likely N-dealkylation sites (tertiary alicyclic amines) is 2. The fourth-order valence-corrected chi connectivity index (χ4v) is 10.7. The molecule has 4 aliphatic heterocycles. The van der Waals surface area contributed by atoms with Crippen LogP contribution in [0.25, 0.3) is 51.6 Å². The normalized spacial score (nSPS) is 21.4. The smallest absolute Gasteiger partial charge is 0.251 e. The van der Waals surface area contributed by atoms with Gasteiger partial charge in [-0.1, -0.05) is 98.3 Å². The number of pyridine rings is 6. The predicted molar refractivity (Wildman–Crippen MR) is 315 cm³/mol. The zero-order chi connectivity index (χ0) is 58.4. The number of carbonyl (C=O) groups is 5. The van der Waals surface area contributed by atoms with Gasteiger partial charge in [0.05, 0.1) is 127 Å². The molecule has 4 aliphatic rings. The Bertz CT molecular complexity index is 3440. The Labute approximate surface area is 506 Å². The van der Waals surface area contributed by atoms with E-state index in [1.165, 1.54) is 15.9 Å². The first kappa shape index (κ1) is 61.1. The summed E-state index contributed by atoms with van der Waals surface area (Å²) in [5.74, 6) is -4.42. The molecular formula is C66H65N9O9Ru. The van der Waals surface area contributed by atoms with Crippen molar-refractivity contribution in [3.63, 3.8) is 0 Å². The first-order valence-electron chi connectivity index (χ1n) is 28.3. The Morgan fingerprint density at radius 2 is 1.02 bits per heavy atom. The van der Waals surface area contributed by atoms with E-state index in [2.05, 4.69) is 31.8 Å². The molecule has 0 radical (unpaired) electrons. The maximum Gasteiger partial charge on any atom is 0.251 e. The Balaban J connectivity index is 0.000000287. The van der Waals surface area contributed by atoms with Gasteiger partial charge in [-0.15, -0.1) is 6.58 Å². The molecule has 4 saturated heterocycles. The summed E-state index contributed by atoms with van der Waals surface area (Å²) in [6, 6.07) is 40.1. The standard InChI is InChI=1S/C46H51N5O9.C20H14N4.Ru/c1-4-6-21-50-44(54)40-35(13-12-30-10-8-7-9-11-30)60-37(41(40)45(50)55)15-14-36-39-38(34(5-2)59-36)43(53)51(46(39)56)22-24-58-26-25-57-23-20-49-42(52)31-17-19-48-33(28-31)32-27-29(3)16-18-47-32;1-3-13-21-15(7-1)17-9-5-11-19(23-17)20-12-6-10-18(24-20)16-8-2-4-14-22-16;/h5,7-19,27-28,34-41H,2,4,6,20-26H2,1,3H3,(H,49,52);1-14H;/b13-12-,15-14-;;. The summed E-state index contributed by atoms with van der Waals surface area (Å²) in [6.07, 6.45) is 14.2. The fourth-order valence-electron chi connectivity index (χ4n) is 10.7. The summed E-state index contributed by atoms with van der Waals surface area (Å²) in [6.45, 7) is 9.37. The summed E-state index contributed by atoms with van der Waals surface area (Å²) in [5.41, 5.74) is 8.73. The van der Waals surface area contributed by atoms with Crippen molar-refractivity contribution in [2.75, 3.05) is 46.1 Å². The van der Waals surface area contributed by atoms with Gasteiger partial charge in [-0.2, -0.15) is 0 Å². The van der Waals surface area contributed by atoms with E-state index in [-0.39, 0.29) is 88.5 Å². The van der Waals surface area contributed by atoms with Gasteiger partial charge in [0.25, 0.3) is 5.91 Å². The van der Waals surface area contributed by atoms with E-state index in [4.69, 9.17) is 28.9 Å². The summed E-state index contributed by atoms with van der Waals surface area (Å²) in [5, 5.41) is 2.83. The number of unbranched alkanes of at least 4 members (excludes halogenated alkanes) is 1. The molecule has 8 unspecified atom stereocenters. The first-order valence-corrected chi connectivity index (χ1v) is 28.3. The summed E-state index contributed by atoms with van der Waals surface area (Å²) in [7, 11) is 0. The predicted octanol–water partition coefficient (Wildman–Crippen LogP) is 8.47. The molecular weight excluding hydrogens is 1160 g/mol. The Morgan fingerprint density at radius 1 is 0.541 bits per heavy atom. The second-order valence-corrected chi connectivity index (χ2v) is 20.5. The molecule has 0 saturated carbocycles. The zero-order valence-electron chi connectivity index (χ0n) is 47.1. The number of aromatic nitrogens is 6. The zero-order valence-corrected chi connectivity index (χ0v) is 48.9. The molecule has 11 rings (SSSR count). The van der Waals surface area contributed by atoms with Gasteiger partial charge >= 0.3 is 0 Å². The first-order chi connectivity index (χ1) is 41.1. The molecule has 10 heterocycles. The second-order valence-electron chi connectivity index (χ2n) is 20.5. The topological polar surface area (TPSA) is 218 Å². The molecule has 18 nitrogen and oxygen atoms in total. The van der Waals surface area contributed by atoms with E-state index >= 15 is 0 Å². The molecule has 7 aromatic rings. The number of ether oxygens (including phenoxy) is 4. The van der Waals surface area contributed by atoms with Crippen LogP contribution in [0.3, 0.4) is 0 Å². The Kier molecular flexibility index (Phi) is 21.1. The van der Waals surface area contributed by atoms with E-state index < -0.39 is 48.1 Å². The van der Waals surface area contributed by atoms with Gasteiger partial charge in [0.2, 0.25) is 23.6 Å². The largest absolute Gasteiger partial charge is 0.377 e. The average Bonchev–Trinajstić information content (AvgIpc) is 2.05. The van der Waals surface area contributed by atoms with Gasteiger partial charge in [0.1, 0.15) is 0 Å². The SMILES string of the molecule is C=CC1OC(/C=C\C2OC(/C=C\c3ccccc3)C3C(=O)N(CCCC)C(=O)C23)C2C(=O)N(CCOCCOCCNC(=O)c3ccnc(-c4cc(C)ccn4)c3)C(=O)C12.[Ru].c1ccc(-c2cccc(-c3cccc(-c4ccccn4)n3)n2)nc1. The maximum absolute atomic E-state index is 13.7. The van der Waals surface area contributed by atoms with Crippen LogP contribution in [0.2, 0.25) is 0 Å². The van der Waals surface area contributed by atoms with Crippen LogP contribution < -0.4 is 5.32 Å². The summed E-state index contributed by atoms with van der Waals surface area (Å²) >= 11 is 0. The molecule has 85 heavy (non-hydrogen) atoms. The van der Waals surface area contributed by atoms with E-state index in [9.17, 15) is 24.0 Å². The van der Waals surface area contributed by atoms with Crippen molar-refractivity contribution in [3.05, 3.63) is 200 Å². The monoisotopic (exact) mass is 1230 g/mol. The van der Waals surface area contributed by atoms with Crippen molar-refractivity contribution < 1.29 is 62.4 Å². The molecule has 436 valence electrons. The van der Waals surface area contributed by atoms with E-state index in [1.807, 2.05) is 141 Å². The maximum atomic E-state index is 13.7. The quantitative estimate of drug-likeness (QED) is 0.0291. The number of aryl methyl sites for hydroxylation is 1. The number of amides is 5. The van der Waals surface area contributed by atoms with Crippen molar-refractivity contribution in [1.29, 1.82) is 0 Å².